The molecule has 4 nitrogen and oxygen atoms in total. The quantitative estimate of drug-likeness (QED) is 0.644. The number of anilines is 1. The smallest absolute Gasteiger partial charge is 0.341 e. The molecule has 0 radical (unpaired) electrons. The first-order chi connectivity index (χ1) is 8.16. The van der Waals surface area contributed by atoms with Crippen LogP contribution in [0.25, 0.3) is 0 Å². The molecule has 1 aromatic rings. The summed E-state index contributed by atoms with van der Waals surface area (Å²) in [5.74, 6) is -1.33. The summed E-state index contributed by atoms with van der Waals surface area (Å²) in [5.41, 5.74) is 5.68. The van der Waals surface area contributed by atoms with Crippen molar-refractivity contribution >= 4 is 11.7 Å². The Morgan fingerprint density at radius 2 is 2.41 bits per heavy atom. The van der Waals surface area contributed by atoms with Gasteiger partial charge in [-0.25, -0.2) is 9.18 Å². The number of benzene rings is 1. The summed E-state index contributed by atoms with van der Waals surface area (Å²) in [6.45, 7) is 0.849. The molecule has 1 aliphatic rings. The van der Waals surface area contributed by atoms with Crippen LogP contribution in [0.5, 0.6) is 0 Å². The number of hydrogen-bond acceptors (Lipinski definition) is 4. The maximum Gasteiger partial charge on any atom is 0.341 e. The van der Waals surface area contributed by atoms with Crippen LogP contribution in [0.1, 0.15) is 23.2 Å². The Morgan fingerprint density at radius 3 is 3.12 bits per heavy atom. The van der Waals surface area contributed by atoms with Crippen LogP contribution < -0.4 is 5.73 Å². The Balaban J connectivity index is 1.96. The summed E-state index contributed by atoms with van der Waals surface area (Å²) in [5, 5.41) is 0. The molecule has 1 unspecified atom stereocenters. The van der Waals surface area contributed by atoms with Crippen LogP contribution in [0.2, 0.25) is 0 Å². The number of ether oxygens (including phenoxy) is 2. The minimum atomic E-state index is -0.703. The van der Waals surface area contributed by atoms with Gasteiger partial charge in [-0.2, -0.15) is 0 Å². The Kier molecular flexibility index (Phi) is 3.58. The third-order valence-corrected chi connectivity index (χ3v) is 2.63. The van der Waals surface area contributed by atoms with Crippen molar-refractivity contribution in [3.8, 4) is 0 Å². The predicted molar refractivity (Wildman–Crippen MR) is 60.1 cm³/mol. The highest BCUT2D eigenvalue weighted by Crippen LogP contribution is 2.16. The van der Waals surface area contributed by atoms with E-state index in [2.05, 4.69) is 0 Å². The zero-order chi connectivity index (χ0) is 12.3. The average Bonchev–Trinajstić information content (AvgIpc) is 2.82. The molecule has 1 fully saturated rings. The van der Waals surface area contributed by atoms with E-state index in [4.69, 9.17) is 15.2 Å². The molecule has 1 saturated heterocycles. The third-order valence-electron chi connectivity index (χ3n) is 2.63. The van der Waals surface area contributed by atoms with Crippen molar-refractivity contribution in [1.29, 1.82) is 0 Å². The zero-order valence-corrected chi connectivity index (χ0v) is 9.32. The van der Waals surface area contributed by atoms with Gasteiger partial charge in [0, 0.05) is 12.3 Å². The molecule has 0 aromatic heterocycles. The van der Waals surface area contributed by atoms with Crippen molar-refractivity contribution in [2.45, 2.75) is 18.9 Å². The van der Waals surface area contributed by atoms with Crippen LogP contribution in [0.3, 0.4) is 0 Å². The van der Waals surface area contributed by atoms with Gasteiger partial charge in [-0.15, -0.1) is 0 Å². The molecule has 0 spiro atoms. The monoisotopic (exact) mass is 239 g/mol. The number of carbonyl (C=O) groups is 1. The highest BCUT2D eigenvalue weighted by atomic mass is 19.1. The van der Waals surface area contributed by atoms with Gasteiger partial charge in [-0.05, 0) is 31.0 Å². The van der Waals surface area contributed by atoms with Crippen molar-refractivity contribution in [2.75, 3.05) is 18.9 Å². The topological polar surface area (TPSA) is 61.6 Å². The Labute approximate surface area is 98.5 Å². The summed E-state index contributed by atoms with van der Waals surface area (Å²) in [6, 6.07) is 3.82. The average molecular weight is 239 g/mol. The second-order valence-corrected chi connectivity index (χ2v) is 3.97. The predicted octanol–water partition coefficient (Wildman–Crippen LogP) is 1.74. The molecule has 1 aromatic carbocycles. The lowest BCUT2D eigenvalue weighted by Crippen LogP contribution is -2.18. The molecule has 1 aliphatic heterocycles. The lowest BCUT2D eigenvalue weighted by Gasteiger charge is -2.10. The van der Waals surface area contributed by atoms with Gasteiger partial charge >= 0.3 is 5.97 Å². The molecule has 2 rings (SSSR count). The normalized spacial score (nSPS) is 19.2. The maximum absolute atomic E-state index is 13.3. The molecule has 92 valence electrons. The largest absolute Gasteiger partial charge is 0.459 e. The fourth-order valence-corrected chi connectivity index (χ4v) is 1.72. The van der Waals surface area contributed by atoms with E-state index in [0.29, 0.717) is 12.3 Å². The Hall–Kier alpha value is -1.62. The van der Waals surface area contributed by atoms with E-state index in [1.807, 2.05) is 0 Å². The molecule has 0 amide bonds. The van der Waals surface area contributed by atoms with Gasteiger partial charge in [0.15, 0.2) is 0 Å². The van der Waals surface area contributed by atoms with E-state index in [-0.39, 0.29) is 18.3 Å². The van der Waals surface area contributed by atoms with Gasteiger partial charge in [-0.3, -0.25) is 0 Å². The first kappa shape index (κ1) is 11.9. The molecule has 2 N–H and O–H groups in total. The van der Waals surface area contributed by atoms with Crippen LogP contribution in [0.15, 0.2) is 18.2 Å². The van der Waals surface area contributed by atoms with Crippen LogP contribution in [0, 0.1) is 5.82 Å². The van der Waals surface area contributed by atoms with E-state index in [9.17, 15) is 9.18 Å². The minimum Gasteiger partial charge on any atom is -0.459 e. The molecule has 17 heavy (non-hydrogen) atoms. The molecular formula is C12H14FNO3. The van der Waals surface area contributed by atoms with E-state index >= 15 is 0 Å². The van der Waals surface area contributed by atoms with Gasteiger partial charge < -0.3 is 15.2 Å². The summed E-state index contributed by atoms with van der Waals surface area (Å²) in [6.07, 6.45) is 1.77. The molecule has 0 aliphatic carbocycles. The summed E-state index contributed by atoms with van der Waals surface area (Å²) in [7, 11) is 0. The van der Waals surface area contributed by atoms with Gasteiger partial charge in [0.2, 0.25) is 0 Å². The first-order valence-electron chi connectivity index (χ1n) is 5.50. The van der Waals surface area contributed by atoms with E-state index in [1.54, 1.807) is 0 Å². The first-order valence-corrected chi connectivity index (χ1v) is 5.50. The number of nitrogens with two attached hydrogens (primary N) is 1. The number of nitrogen functional groups attached to an aromatic ring is 1. The van der Waals surface area contributed by atoms with Gasteiger partial charge in [0.1, 0.15) is 12.4 Å². The lowest BCUT2D eigenvalue weighted by atomic mass is 10.2. The van der Waals surface area contributed by atoms with E-state index in [1.165, 1.54) is 12.1 Å². The molecular weight excluding hydrogens is 225 g/mol. The maximum atomic E-state index is 13.3. The number of hydrogen-bond donors (Lipinski definition) is 1. The minimum absolute atomic E-state index is 0.0666. The van der Waals surface area contributed by atoms with Crippen molar-refractivity contribution in [1.82, 2.24) is 0 Å². The Morgan fingerprint density at radius 1 is 1.59 bits per heavy atom. The molecule has 5 heteroatoms. The van der Waals surface area contributed by atoms with Crippen molar-refractivity contribution in [2.24, 2.45) is 0 Å². The third kappa shape index (κ3) is 2.94. The summed E-state index contributed by atoms with van der Waals surface area (Å²) < 4.78 is 23.6. The molecule has 1 atom stereocenters. The number of halogens is 1. The summed E-state index contributed by atoms with van der Waals surface area (Å²) in [4.78, 5) is 11.6. The van der Waals surface area contributed by atoms with Gasteiger partial charge in [0.25, 0.3) is 0 Å². The number of rotatable bonds is 3. The van der Waals surface area contributed by atoms with E-state index < -0.39 is 11.8 Å². The van der Waals surface area contributed by atoms with Crippen LogP contribution in [-0.4, -0.2) is 25.3 Å². The standard InChI is InChI=1S/C12H14FNO3/c13-11-4-3-8(14)6-10(11)12(15)17-7-9-2-1-5-16-9/h3-4,6,9H,1-2,5,7,14H2. The van der Waals surface area contributed by atoms with Gasteiger partial charge in [0.05, 0.1) is 11.7 Å². The summed E-state index contributed by atoms with van der Waals surface area (Å²) >= 11 is 0. The number of esters is 1. The van der Waals surface area contributed by atoms with Crippen molar-refractivity contribution in [3.63, 3.8) is 0 Å². The van der Waals surface area contributed by atoms with Gasteiger partial charge in [-0.1, -0.05) is 0 Å². The second kappa shape index (κ2) is 5.14. The fourth-order valence-electron chi connectivity index (χ4n) is 1.72. The molecule has 0 saturated carbocycles. The van der Waals surface area contributed by atoms with Crippen molar-refractivity contribution in [3.05, 3.63) is 29.6 Å². The Bertz CT molecular complexity index is 416. The van der Waals surface area contributed by atoms with E-state index in [0.717, 1.165) is 18.9 Å². The SMILES string of the molecule is Nc1ccc(F)c(C(=O)OCC2CCCO2)c1. The van der Waals surface area contributed by atoms with Crippen LogP contribution in [-0.2, 0) is 9.47 Å². The highest BCUT2D eigenvalue weighted by Gasteiger charge is 2.19. The zero-order valence-electron chi connectivity index (χ0n) is 9.32. The van der Waals surface area contributed by atoms with Crippen LogP contribution in [0.4, 0.5) is 10.1 Å². The van der Waals surface area contributed by atoms with Crippen LogP contribution >= 0.6 is 0 Å². The highest BCUT2D eigenvalue weighted by molar-refractivity contribution is 5.90. The fraction of sp³-hybridized carbons (Fsp3) is 0.417. The second-order valence-electron chi connectivity index (χ2n) is 3.97. The lowest BCUT2D eigenvalue weighted by molar-refractivity contribution is 0.0157. The number of carbonyl (C=O) groups excluding carboxylic acids is 1. The molecule has 1 heterocycles. The van der Waals surface area contributed by atoms with Crippen molar-refractivity contribution < 1.29 is 18.7 Å². The molecule has 0 bridgehead atoms.